The predicted octanol–water partition coefficient (Wildman–Crippen LogP) is 3.50. The summed E-state index contributed by atoms with van der Waals surface area (Å²) in [6.45, 7) is 0. The number of rotatable bonds is 4. The van der Waals surface area contributed by atoms with Crippen molar-refractivity contribution in [3.05, 3.63) is 36.5 Å². The molecule has 1 aromatic carbocycles. The van der Waals surface area contributed by atoms with Gasteiger partial charge in [0.2, 0.25) is 0 Å². The molecule has 3 nitrogen and oxygen atoms in total. The lowest BCUT2D eigenvalue weighted by molar-refractivity contribution is 0.670. The first-order chi connectivity index (χ1) is 8.90. The third kappa shape index (κ3) is 2.14. The standard InChI is InChI=1S/C14H13N3S/c15-8-9-18-14-16-10-13(17(14)12-6-7-12)11-4-2-1-3-5-11/h1-5,10,12H,6-7,9H2. The molecule has 0 radical (unpaired) electrons. The molecule has 0 amide bonds. The Morgan fingerprint density at radius 3 is 2.78 bits per heavy atom. The van der Waals surface area contributed by atoms with Crippen molar-refractivity contribution in [2.75, 3.05) is 5.75 Å². The fourth-order valence-electron chi connectivity index (χ4n) is 2.06. The van der Waals surface area contributed by atoms with Gasteiger partial charge in [-0.25, -0.2) is 4.98 Å². The van der Waals surface area contributed by atoms with Crippen LogP contribution in [0.3, 0.4) is 0 Å². The minimum absolute atomic E-state index is 0.456. The van der Waals surface area contributed by atoms with Gasteiger partial charge < -0.3 is 4.57 Å². The van der Waals surface area contributed by atoms with E-state index in [0.29, 0.717) is 11.8 Å². The van der Waals surface area contributed by atoms with Gasteiger partial charge in [-0.3, -0.25) is 0 Å². The zero-order chi connectivity index (χ0) is 12.4. The number of benzene rings is 1. The molecule has 3 rings (SSSR count). The van der Waals surface area contributed by atoms with Crippen LogP contribution in [0.4, 0.5) is 0 Å². The van der Waals surface area contributed by atoms with E-state index in [1.807, 2.05) is 24.4 Å². The van der Waals surface area contributed by atoms with Crippen LogP contribution < -0.4 is 0 Å². The second-order valence-electron chi connectivity index (χ2n) is 4.34. The van der Waals surface area contributed by atoms with Crippen molar-refractivity contribution < 1.29 is 0 Å². The second kappa shape index (κ2) is 4.87. The quantitative estimate of drug-likeness (QED) is 0.785. The minimum atomic E-state index is 0.456. The molecule has 1 aliphatic rings. The lowest BCUT2D eigenvalue weighted by Gasteiger charge is -2.09. The number of aromatic nitrogens is 2. The first-order valence-corrected chi connectivity index (χ1v) is 7.01. The third-order valence-electron chi connectivity index (χ3n) is 3.01. The van der Waals surface area contributed by atoms with Crippen molar-refractivity contribution in [3.63, 3.8) is 0 Å². The van der Waals surface area contributed by atoms with Crippen molar-refractivity contribution in [1.82, 2.24) is 9.55 Å². The molecule has 1 fully saturated rings. The first-order valence-electron chi connectivity index (χ1n) is 6.02. The fourth-order valence-corrected chi connectivity index (χ4v) is 2.76. The Morgan fingerprint density at radius 2 is 2.11 bits per heavy atom. The van der Waals surface area contributed by atoms with Crippen LogP contribution in [0.1, 0.15) is 18.9 Å². The van der Waals surface area contributed by atoms with E-state index in [1.54, 1.807) is 0 Å². The number of hydrogen-bond donors (Lipinski definition) is 0. The van der Waals surface area contributed by atoms with Crippen LogP contribution in [0.15, 0.2) is 41.7 Å². The van der Waals surface area contributed by atoms with Gasteiger partial charge >= 0.3 is 0 Å². The Balaban J connectivity index is 2.00. The number of hydrogen-bond acceptors (Lipinski definition) is 3. The summed E-state index contributed by atoms with van der Waals surface area (Å²) in [5, 5.41) is 9.66. The van der Waals surface area contributed by atoms with Crippen molar-refractivity contribution in [2.45, 2.75) is 24.0 Å². The highest BCUT2D eigenvalue weighted by molar-refractivity contribution is 7.99. The molecule has 0 atom stereocenters. The van der Waals surface area contributed by atoms with Crippen LogP contribution >= 0.6 is 11.8 Å². The Bertz CT molecular complexity index is 579. The Morgan fingerprint density at radius 1 is 1.33 bits per heavy atom. The maximum atomic E-state index is 8.69. The molecular formula is C14H13N3S. The van der Waals surface area contributed by atoms with E-state index in [1.165, 1.54) is 35.9 Å². The van der Waals surface area contributed by atoms with Gasteiger partial charge in [0.25, 0.3) is 0 Å². The molecule has 18 heavy (non-hydrogen) atoms. The van der Waals surface area contributed by atoms with Gasteiger partial charge in [-0.15, -0.1) is 0 Å². The van der Waals surface area contributed by atoms with E-state index >= 15 is 0 Å². The molecule has 4 heteroatoms. The molecule has 0 unspecified atom stereocenters. The molecule has 1 heterocycles. The summed E-state index contributed by atoms with van der Waals surface area (Å²) in [5.41, 5.74) is 2.36. The van der Waals surface area contributed by atoms with Gasteiger partial charge in [-0.1, -0.05) is 42.1 Å². The van der Waals surface area contributed by atoms with Crippen molar-refractivity contribution in [1.29, 1.82) is 5.26 Å². The summed E-state index contributed by atoms with van der Waals surface area (Å²) in [5.74, 6) is 0.456. The van der Waals surface area contributed by atoms with Gasteiger partial charge in [-0.2, -0.15) is 5.26 Å². The largest absolute Gasteiger partial charge is 0.316 e. The molecule has 0 aliphatic heterocycles. The molecule has 0 saturated heterocycles. The SMILES string of the molecule is N#CCSc1ncc(-c2ccccc2)n1C1CC1. The van der Waals surface area contributed by atoms with E-state index in [4.69, 9.17) is 5.26 Å². The van der Waals surface area contributed by atoms with Crippen LogP contribution in [0.2, 0.25) is 0 Å². The molecule has 0 bridgehead atoms. The monoisotopic (exact) mass is 255 g/mol. The normalized spacial score (nSPS) is 14.4. The van der Waals surface area contributed by atoms with Gasteiger partial charge in [0.1, 0.15) is 0 Å². The average molecular weight is 255 g/mol. The smallest absolute Gasteiger partial charge is 0.169 e. The number of imidazole rings is 1. The van der Waals surface area contributed by atoms with Crippen LogP contribution in [-0.2, 0) is 0 Å². The summed E-state index contributed by atoms with van der Waals surface area (Å²) in [4.78, 5) is 4.47. The van der Waals surface area contributed by atoms with E-state index in [0.717, 1.165) is 5.16 Å². The molecule has 1 saturated carbocycles. The maximum Gasteiger partial charge on any atom is 0.169 e. The summed E-state index contributed by atoms with van der Waals surface area (Å²) in [6, 6.07) is 13.1. The maximum absolute atomic E-state index is 8.69. The lowest BCUT2D eigenvalue weighted by atomic mass is 10.2. The topological polar surface area (TPSA) is 41.6 Å². The summed E-state index contributed by atoms with van der Waals surface area (Å²) < 4.78 is 2.29. The van der Waals surface area contributed by atoms with Crippen LogP contribution in [0, 0.1) is 11.3 Å². The molecule has 2 aromatic rings. The summed E-state index contributed by atoms with van der Waals surface area (Å²) in [6.07, 6.45) is 4.36. The molecule has 0 spiro atoms. The van der Waals surface area contributed by atoms with Crippen molar-refractivity contribution in [2.24, 2.45) is 0 Å². The molecule has 1 aliphatic carbocycles. The molecule has 1 aromatic heterocycles. The Kier molecular flexibility index (Phi) is 3.07. The van der Waals surface area contributed by atoms with Crippen LogP contribution in [-0.4, -0.2) is 15.3 Å². The highest BCUT2D eigenvalue weighted by Gasteiger charge is 2.28. The van der Waals surface area contributed by atoms with E-state index in [2.05, 4.69) is 27.8 Å². The Labute approximate surface area is 110 Å². The van der Waals surface area contributed by atoms with E-state index in [9.17, 15) is 0 Å². The zero-order valence-corrected chi connectivity index (χ0v) is 10.7. The van der Waals surface area contributed by atoms with E-state index in [-0.39, 0.29) is 0 Å². The highest BCUT2D eigenvalue weighted by Crippen LogP contribution is 2.41. The number of nitrogens with zero attached hydrogens (tertiary/aromatic N) is 3. The molecule has 90 valence electrons. The highest BCUT2D eigenvalue weighted by atomic mass is 32.2. The summed E-state index contributed by atoms with van der Waals surface area (Å²) >= 11 is 1.52. The van der Waals surface area contributed by atoms with Crippen LogP contribution in [0.5, 0.6) is 0 Å². The van der Waals surface area contributed by atoms with Gasteiger partial charge in [-0.05, 0) is 18.4 Å². The van der Waals surface area contributed by atoms with Crippen LogP contribution in [0.25, 0.3) is 11.3 Å². The third-order valence-corrected chi connectivity index (χ3v) is 3.84. The fraction of sp³-hybridized carbons (Fsp3) is 0.286. The molecular weight excluding hydrogens is 242 g/mol. The number of thioether (sulfide) groups is 1. The average Bonchev–Trinajstić information content (AvgIpc) is 3.17. The summed E-state index contributed by atoms with van der Waals surface area (Å²) in [7, 11) is 0. The van der Waals surface area contributed by atoms with Gasteiger partial charge in [0, 0.05) is 6.04 Å². The van der Waals surface area contributed by atoms with Gasteiger partial charge in [0.15, 0.2) is 5.16 Å². The second-order valence-corrected chi connectivity index (χ2v) is 5.28. The first kappa shape index (κ1) is 11.4. The Hall–Kier alpha value is -1.73. The lowest BCUT2D eigenvalue weighted by Crippen LogP contribution is -1.99. The zero-order valence-electron chi connectivity index (χ0n) is 9.91. The minimum Gasteiger partial charge on any atom is -0.316 e. The predicted molar refractivity (Wildman–Crippen MR) is 72.3 cm³/mol. The number of nitriles is 1. The van der Waals surface area contributed by atoms with Crippen molar-refractivity contribution in [3.8, 4) is 17.3 Å². The van der Waals surface area contributed by atoms with E-state index < -0.39 is 0 Å². The molecule has 0 N–H and O–H groups in total. The van der Waals surface area contributed by atoms with Crippen molar-refractivity contribution >= 4 is 11.8 Å². The van der Waals surface area contributed by atoms with Gasteiger partial charge in [0.05, 0.1) is 23.7 Å².